The Bertz CT molecular complexity index is 400. The van der Waals surface area contributed by atoms with Gasteiger partial charge in [0.25, 0.3) is 0 Å². The van der Waals surface area contributed by atoms with Gasteiger partial charge in [0, 0.05) is 4.88 Å². The largest absolute Gasteiger partial charge is 0.389 e. The monoisotopic (exact) mass is 220 g/mol. The zero-order valence-corrected chi connectivity index (χ0v) is 9.86. The molecule has 2 rings (SSSR count). The molecule has 3 heteroatoms. The molecule has 0 bridgehead atoms. The Labute approximate surface area is 94.7 Å². The molecule has 1 aromatic rings. The first-order valence-corrected chi connectivity index (χ1v) is 6.38. The van der Waals surface area contributed by atoms with Crippen LogP contribution in [0.25, 0.3) is 0 Å². The summed E-state index contributed by atoms with van der Waals surface area (Å²) in [5.74, 6) is 0.812. The van der Waals surface area contributed by atoms with Crippen molar-refractivity contribution >= 4 is 16.3 Å². The second-order valence-corrected chi connectivity index (χ2v) is 5.39. The minimum atomic E-state index is 0.722. The summed E-state index contributed by atoms with van der Waals surface area (Å²) in [6, 6.07) is 2.24. The van der Waals surface area contributed by atoms with E-state index in [0.29, 0.717) is 0 Å². The van der Waals surface area contributed by atoms with E-state index in [9.17, 15) is 0 Å². The van der Waals surface area contributed by atoms with E-state index >= 15 is 0 Å². The summed E-state index contributed by atoms with van der Waals surface area (Å²) in [5.41, 5.74) is 7.84. The van der Waals surface area contributed by atoms with E-state index in [1.165, 1.54) is 29.7 Å². The van der Waals surface area contributed by atoms with Crippen LogP contribution in [0.15, 0.2) is 0 Å². The fourth-order valence-electron chi connectivity index (χ4n) is 2.45. The van der Waals surface area contributed by atoms with Crippen molar-refractivity contribution < 1.29 is 0 Å². The topological polar surface area (TPSA) is 49.8 Å². The Morgan fingerprint density at radius 2 is 2.40 bits per heavy atom. The number of nitrogen functional groups attached to an aromatic ring is 1. The molecule has 1 heterocycles. The van der Waals surface area contributed by atoms with Crippen LogP contribution >= 0.6 is 11.3 Å². The molecule has 80 valence electrons. The third-order valence-electron chi connectivity index (χ3n) is 3.20. The minimum Gasteiger partial charge on any atom is -0.389 e. The van der Waals surface area contributed by atoms with Crippen molar-refractivity contribution in [1.82, 2.24) is 0 Å². The molecule has 0 spiro atoms. The Morgan fingerprint density at radius 3 is 3.07 bits per heavy atom. The lowest BCUT2D eigenvalue weighted by atomic mass is 9.85. The molecule has 15 heavy (non-hydrogen) atoms. The third-order valence-corrected chi connectivity index (χ3v) is 4.29. The number of fused-ring (bicyclic) bond motifs is 1. The zero-order chi connectivity index (χ0) is 10.8. The average Bonchev–Trinajstić information content (AvgIpc) is 2.53. The fourth-order valence-corrected chi connectivity index (χ4v) is 3.64. The Balaban J connectivity index is 2.25. The molecular formula is C12H16N2S. The fraction of sp³-hybridized carbons (Fsp3) is 0.583. The number of anilines is 1. The van der Waals surface area contributed by atoms with Crippen molar-refractivity contribution in [3.05, 3.63) is 16.0 Å². The van der Waals surface area contributed by atoms with Crippen LogP contribution in [-0.2, 0) is 12.8 Å². The van der Waals surface area contributed by atoms with Gasteiger partial charge in [0.15, 0.2) is 0 Å². The van der Waals surface area contributed by atoms with Crippen LogP contribution in [0.5, 0.6) is 0 Å². The number of nitriles is 1. The van der Waals surface area contributed by atoms with Crippen LogP contribution in [-0.4, -0.2) is 0 Å². The van der Waals surface area contributed by atoms with E-state index in [1.54, 1.807) is 11.3 Å². The van der Waals surface area contributed by atoms with Crippen molar-refractivity contribution in [1.29, 1.82) is 5.26 Å². The number of hydrogen-bond donors (Lipinski definition) is 1. The van der Waals surface area contributed by atoms with Crippen molar-refractivity contribution in [2.24, 2.45) is 5.92 Å². The summed E-state index contributed by atoms with van der Waals surface area (Å²) >= 11 is 1.63. The Hall–Kier alpha value is -1.01. The highest BCUT2D eigenvalue weighted by molar-refractivity contribution is 7.16. The summed E-state index contributed by atoms with van der Waals surface area (Å²) in [6.45, 7) is 2.24. The van der Waals surface area contributed by atoms with Gasteiger partial charge in [-0.25, -0.2) is 0 Å². The molecule has 1 unspecified atom stereocenters. The van der Waals surface area contributed by atoms with Crippen molar-refractivity contribution in [2.45, 2.75) is 39.0 Å². The molecule has 1 aliphatic rings. The van der Waals surface area contributed by atoms with Gasteiger partial charge in [0.2, 0.25) is 0 Å². The molecule has 1 atom stereocenters. The lowest BCUT2D eigenvalue weighted by molar-refractivity contribution is 0.427. The molecule has 0 saturated carbocycles. The first-order chi connectivity index (χ1) is 7.26. The van der Waals surface area contributed by atoms with E-state index in [4.69, 9.17) is 11.0 Å². The van der Waals surface area contributed by atoms with Gasteiger partial charge in [-0.15, -0.1) is 11.3 Å². The second kappa shape index (κ2) is 4.24. The van der Waals surface area contributed by atoms with E-state index in [-0.39, 0.29) is 0 Å². The normalized spacial score (nSPS) is 19.6. The maximum absolute atomic E-state index is 9.01. The maximum atomic E-state index is 9.01. The number of rotatable bonds is 2. The van der Waals surface area contributed by atoms with Gasteiger partial charge >= 0.3 is 0 Å². The van der Waals surface area contributed by atoms with E-state index < -0.39 is 0 Å². The number of nitrogens with two attached hydrogens (primary N) is 1. The van der Waals surface area contributed by atoms with Gasteiger partial charge in [-0.1, -0.05) is 19.8 Å². The van der Waals surface area contributed by atoms with Gasteiger partial charge in [-0.3, -0.25) is 0 Å². The predicted molar refractivity (Wildman–Crippen MR) is 63.9 cm³/mol. The number of thiophene rings is 1. The predicted octanol–water partition coefficient (Wildman–Crippen LogP) is 3.11. The van der Waals surface area contributed by atoms with Crippen molar-refractivity contribution in [3.63, 3.8) is 0 Å². The highest BCUT2D eigenvalue weighted by Gasteiger charge is 2.24. The van der Waals surface area contributed by atoms with Crippen LogP contribution in [0, 0.1) is 17.2 Å². The summed E-state index contributed by atoms with van der Waals surface area (Å²) < 4.78 is 0. The maximum Gasteiger partial charge on any atom is 0.104 e. The lowest BCUT2D eigenvalue weighted by Gasteiger charge is -2.21. The molecule has 0 aliphatic heterocycles. The van der Waals surface area contributed by atoms with Crippen LogP contribution in [0.4, 0.5) is 5.00 Å². The highest BCUT2D eigenvalue weighted by atomic mass is 32.1. The zero-order valence-electron chi connectivity index (χ0n) is 9.05. The summed E-state index contributed by atoms with van der Waals surface area (Å²) in [4.78, 5) is 1.37. The standard InChI is InChI=1S/C12H16N2S/c1-2-3-8-4-5-9-10(7-13)12(14)15-11(9)6-8/h8H,2-6,14H2,1H3. The summed E-state index contributed by atoms with van der Waals surface area (Å²) in [6.07, 6.45) is 5.98. The molecule has 0 aromatic carbocycles. The summed E-state index contributed by atoms with van der Waals surface area (Å²) in [7, 11) is 0. The third kappa shape index (κ3) is 1.87. The Kier molecular flexibility index (Phi) is 2.97. The van der Waals surface area contributed by atoms with Gasteiger partial charge < -0.3 is 5.73 Å². The van der Waals surface area contributed by atoms with Gasteiger partial charge in [0.1, 0.15) is 11.1 Å². The summed E-state index contributed by atoms with van der Waals surface area (Å²) in [5, 5.41) is 9.73. The van der Waals surface area contributed by atoms with Gasteiger partial charge in [0.05, 0.1) is 5.56 Å². The molecule has 0 fully saturated rings. The molecule has 0 amide bonds. The number of hydrogen-bond acceptors (Lipinski definition) is 3. The van der Waals surface area contributed by atoms with E-state index in [1.807, 2.05) is 0 Å². The van der Waals surface area contributed by atoms with Crippen LogP contribution in [0.3, 0.4) is 0 Å². The first kappa shape index (κ1) is 10.5. The molecule has 1 aromatic heterocycles. The Morgan fingerprint density at radius 1 is 1.60 bits per heavy atom. The van der Waals surface area contributed by atoms with Crippen LogP contribution in [0.1, 0.15) is 42.2 Å². The van der Waals surface area contributed by atoms with Gasteiger partial charge in [-0.2, -0.15) is 5.26 Å². The minimum absolute atomic E-state index is 0.722. The molecule has 0 saturated heterocycles. The quantitative estimate of drug-likeness (QED) is 0.832. The smallest absolute Gasteiger partial charge is 0.104 e. The van der Waals surface area contributed by atoms with Crippen molar-refractivity contribution in [3.8, 4) is 6.07 Å². The van der Waals surface area contributed by atoms with Crippen molar-refractivity contribution in [2.75, 3.05) is 5.73 Å². The average molecular weight is 220 g/mol. The molecule has 2 N–H and O–H groups in total. The molecule has 0 radical (unpaired) electrons. The van der Waals surface area contributed by atoms with E-state index in [0.717, 1.165) is 29.3 Å². The highest BCUT2D eigenvalue weighted by Crippen LogP contribution is 2.38. The molecule has 1 aliphatic carbocycles. The van der Waals surface area contributed by atoms with Gasteiger partial charge in [-0.05, 0) is 30.7 Å². The number of nitrogens with zero attached hydrogens (tertiary/aromatic N) is 1. The lowest BCUT2D eigenvalue weighted by Crippen LogP contribution is -2.12. The van der Waals surface area contributed by atoms with Crippen LogP contribution in [0.2, 0.25) is 0 Å². The van der Waals surface area contributed by atoms with Crippen LogP contribution < -0.4 is 5.73 Å². The molecule has 2 nitrogen and oxygen atoms in total. The first-order valence-electron chi connectivity index (χ1n) is 5.56. The molecular weight excluding hydrogens is 204 g/mol. The van der Waals surface area contributed by atoms with E-state index in [2.05, 4.69) is 13.0 Å². The second-order valence-electron chi connectivity index (χ2n) is 4.25. The SMILES string of the molecule is CCCC1CCc2c(sc(N)c2C#N)C1.